The molecule has 214 valence electrons. The third-order valence-electron chi connectivity index (χ3n) is 9.48. The Morgan fingerprint density at radius 1 is 0.976 bits per heavy atom. The highest BCUT2D eigenvalue weighted by Crippen LogP contribution is 2.57. The number of carbonyl (C=O) groups excluding carboxylic acids is 3. The minimum absolute atomic E-state index is 0.104. The number of carbonyl (C=O) groups is 3. The van der Waals surface area contributed by atoms with Crippen LogP contribution in [-0.2, 0) is 21.4 Å². The first-order valence-electron chi connectivity index (χ1n) is 14.6. The maximum absolute atomic E-state index is 14.3. The van der Waals surface area contributed by atoms with Crippen LogP contribution in [-0.4, -0.2) is 23.6 Å². The Kier molecular flexibility index (Phi) is 8.11. The maximum Gasteiger partial charge on any atom is 0.247 e. The number of nitrogens with one attached hydrogen (secondary N) is 2. The molecule has 2 N–H and O–H groups in total. The van der Waals surface area contributed by atoms with Gasteiger partial charge in [0.05, 0.1) is 5.41 Å². The molecule has 3 aromatic carbocycles. The van der Waals surface area contributed by atoms with Gasteiger partial charge in [0.15, 0.2) is 5.78 Å². The van der Waals surface area contributed by atoms with Gasteiger partial charge in [-0.1, -0.05) is 88.2 Å². The summed E-state index contributed by atoms with van der Waals surface area (Å²) in [4.78, 5) is 41.4. The number of rotatable bonds is 7. The summed E-state index contributed by atoms with van der Waals surface area (Å²) < 4.78 is 0. The van der Waals surface area contributed by atoms with Crippen molar-refractivity contribution in [1.29, 1.82) is 0 Å². The van der Waals surface area contributed by atoms with Crippen molar-refractivity contribution in [3.63, 3.8) is 0 Å². The summed E-state index contributed by atoms with van der Waals surface area (Å²) in [5.41, 5.74) is 3.48. The summed E-state index contributed by atoms with van der Waals surface area (Å²) in [6.45, 7) is 8.48. The van der Waals surface area contributed by atoms with E-state index in [1.807, 2.05) is 37.3 Å². The smallest absolute Gasteiger partial charge is 0.247 e. The van der Waals surface area contributed by atoms with Gasteiger partial charge in [-0.2, -0.15) is 0 Å². The van der Waals surface area contributed by atoms with Gasteiger partial charge in [-0.15, -0.1) is 0 Å². The van der Waals surface area contributed by atoms with Crippen molar-refractivity contribution >= 4 is 34.9 Å². The first-order valence-corrected chi connectivity index (χ1v) is 15.0. The van der Waals surface area contributed by atoms with Crippen molar-refractivity contribution in [2.75, 3.05) is 5.32 Å². The Bertz CT molecular complexity index is 1450. The van der Waals surface area contributed by atoms with E-state index in [1.54, 1.807) is 24.3 Å². The molecule has 3 aromatic rings. The van der Waals surface area contributed by atoms with Crippen molar-refractivity contribution in [1.82, 2.24) is 5.32 Å². The van der Waals surface area contributed by atoms with Gasteiger partial charge < -0.3 is 10.6 Å². The van der Waals surface area contributed by atoms with Crippen LogP contribution in [0.4, 0.5) is 5.69 Å². The number of benzene rings is 3. The summed E-state index contributed by atoms with van der Waals surface area (Å²) in [7, 11) is 0. The molecule has 0 aliphatic heterocycles. The van der Waals surface area contributed by atoms with Gasteiger partial charge in [-0.3, -0.25) is 14.4 Å². The van der Waals surface area contributed by atoms with Crippen LogP contribution in [0.25, 0.3) is 0 Å². The summed E-state index contributed by atoms with van der Waals surface area (Å²) in [6, 6.07) is 22.1. The molecule has 41 heavy (non-hydrogen) atoms. The fraction of sp³-hybridized carbons (Fsp3) is 0.400. The van der Waals surface area contributed by atoms with E-state index in [1.165, 1.54) is 0 Å². The molecule has 0 heterocycles. The van der Waals surface area contributed by atoms with E-state index in [0.29, 0.717) is 35.9 Å². The molecule has 0 saturated heterocycles. The van der Waals surface area contributed by atoms with E-state index >= 15 is 0 Å². The number of fused-ring (bicyclic) bond motifs is 3. The zero-order valence-corrected chi connectivity index (χ0v) is 25.1. The number of halogens is 1. The molecule has 6 heteroatoms. The average molecular weight is 571 g/mol. The molecule has 0 aromatic heterocycles. The summed E-state index contributed by atoms with van der Waals surface area (Å²) in [5, 5.41) is 6.65. The number of ketones is 1. The Hall–Kier alpha value is -3.44. The molecule has 4 atom stereocenters. The number of anilines is 1. The van der Waals surface area contributed by atoms with Gasteiger partial charge >= 0.3 is 0 Å². The van der Waals surface area contributed by atoms with Crippen molar-refractivity contribution in [2.45, 2.75) is 77.2 Å². The highest BCUT2D eigenvalue weighted by atomic mass is 35.5. The summed E-state index contributed by atoms with van der Waals surface area (Å²) >= 11 is 6.02. The van der Waals surface area contributed by atoms with Crippen molar-refractivity contribution in [2.24, 2.45) is 11.3 Å². The Morgan fingerprint density at radius 2 is 1.68 bits per heavy atom. The van der Waals surface area contributed by atoms with Gasteiger partial charge in [-0.25, -0.2) is 0 Å². The van der Waals surface area contributed by atoms with Gasteiger partial charge in [0.2, 0.25) is 11.8 Å². The molecular weight excluding hydrogens is 532 g/mol. The van der Waals surface area contributed by atoms with Crippen LogP contribution in [0.5, 0.6) is 0 Å². The first kappa shape index (κ1) is 29.1. The second-order valence-corrected chi connectivity index (χ2v) is 13.0. The molecule has 0 spiro atoms. The van der Waals surface area contributed by atoms with Crippen LogP contribution in [0, 0.1) is 11.3 Å². The predicted octanol–water partition coefficient (Wildman–Crippen LogP) is 7.48. The quantitative estimate of drug-likeness (QED) is 0.309. The molecule has 5 nitrogen and oxygen atoms in total. The molecule has 5 rings (SSSR count). The third kappa shape index (κ3) is 5.70. The maximum atomic E-state index is 14.3. The molecule has 1 saturated carbocycles. The molecule has 2 amide bonds. The number of hydrogen-bond acceptors (Lipinski definition) is 3. The van der Waals surface area contributed by atoms with Gasteiger partial charge in [0.25, 0.3) is 0 Å². The fourth-order valence-electron chi connectivity index (χ4n) is 7.01. The monoisotopic (exact) mass is 570 g/mol. The lowest BCUT2D eigenvalue weighted by atomic mass is 9.49. The highest BCUT2D eigenvalue weighted by molar-refractivity contribution is 6.30. The second-order valence-electron chi connectivity index (χ2n) is 12.5. The van der Waals surface area contributed by atoms with Crippen LogP contribution in [0.2, 0.25) is 5.02 Å². The minimum Gasteiger partial charge on any atom is -0.343 e. The molecule has 2 aliphatic rings. The van der Waals surface area contributed by atoms with Crippen LogP contribution >= 0.6 is 11.6 Å². The van der Waals surface area contributed by atoms with E-state index in [-0.39, 0.29) is 28.9 Å². The predicted molar refractivity (Wildman–Crippen MR) is 164 cm³/mol. The van der Waals surface area contributed by atoms with E-state index in [0.717, 1.165) is 35.1 Å². The van der Waals surface area contributed by atoms with Gasteiger partial charge in [0, 0.05) is 29.1 Å². The van der Waals surface area contributed by atoms with Crippen molar-refractivity contribution in [3.8, 4) is 0 Å². The topological polar surface area (TPSA) is 75.3 Å². The zero-order chi connectivity index (χ0) is 29.4. The van der Waals surface area contributed by atoms with Crippen LogP contribution < -0.4 is 10.6 Å². The van der Waals surface area contributed by atoms with Crippen molar-refractivity contribution < 1.29 is 14.4 Å². The number of amides is 2. The summed E-state index contributed by atoms with van der Waals surface area (Å²) in [5.74, 6) is -0.187. The molecule has 0 unspecified atom stereocenters. The fourth-order valence-corrected chi connectivity index (χ4v) is 7.13. The lowest BCUT2D eigenvalue weighted by molar-refractivity contribution is -0.140. The number of Topliss-reactive ketones (excluding diaryl/α,β-unsaturated/α-hetero) is 1. The molecule has 2 aliphatic carbocycles. The Labute approximate surface area is 248 Å². The third-order valence-corrected chi connectivity index (χ3v) is 9.73. The Balaban J connectivity index is 1.44. The average Bonchev–Trinajstić information content (AvgIpc) is 2.95. The molecular formula is C35H39ClN2O3. The second kappa shape index (κ2) is 11.4. The molecule has 0 radical (unpaired) electrons. The van der Waals surface area contributed by atoms with Gasteiger partial charge in [-0.05, 0) is 77.1 Å². The molecule has 0 bridgehead atoms. The zero-order valence-electron chi connectivity index (χ0n) is 24.3. The first-order chi connectivity index (χ1) is 19.5. The van der Waals surface area contributed by atoms with Crippen LogP contribution in [0.3, 0.4) is 0 Å². The van der Waals surface area contributed by atoms with Crippen LogP contribution in [0.15, 0.2) is 72.8 Å². The summed E-state index contributed by atoms with van der Waals surface area (Å²) in [6.07, 6.45) is 3.14. The number of hydrogen-bond donors (Lipinski definition) is 2. The van der Waals surface area contributed by atoms with Gasteiger partial charge in [0.1, 0.15) is 6.04 Å². The van der Waals surface area contributed by atoms with Crippen molar-refractivity contribution in [3.05, 3.63) is 100 Å². The van der Waals surface area contributed by atoms with E-state index < -0.39 is 11.5 Å². The normalized spacial score (nSPS) is 24.2. The van der Waals surface area contributed by atoms with E-state index in [4.69, 9.17) is 11.6 Å². The highest BCUT2D eigenvalue weighted by Gasteiger charge is 2.57. The lowest BCUT2D eigenvalue weighted by Gasteiger charge is -2.54. The van der Waals surface area contributed by atoms with Crippen LogP contribution in [0.1, 0.15) is 86.3 Å². The minimum atomic E-state index is -0.799. The Morgan fingerprint density at radius 3 is 2.37 bits per heavy atom. The standard InChI is InChI=1S/C35H39ClN2O3/c1-22(2)24-11-16-28-27(20-24)30(39)21-31-34(28,3)17-8-18-35(31,4)33(41)38-29(19-23-9-6-5-7-10-23)32(40)37-26-14-12-25(36)13-15-26/h5-7,9-16,20,22,29,31H,8,17-19,21H2,1-4H3,(H,37,40)(H,38,41)/t29-,31+,34+,35+/m0/s1. The van der Waals surface area contributed by atoms with E-state index in [2.05, 4.69) is 49.6 Å². The lowest BCUT2D eigenvalue weighted by Crippen LogP contribution is -2.58. The molecule has 1 fully saturated rings. The van der Waals surface area contributed by atoms with E-state index in [9.17, 15) is 14.4 Å². The largest absolute Gasteiger partial charge is 0.343 e. The SMILES string of the molecule is CC(C)c1ccc2c(c1)C(=O)C[C@H]1[C@](C)(C(=O)N[C@@H](Cc3ccccc3)C(=O)Nc3ccc(Cl)cc3)CCC[C@]21C.